The minimum absolute atomic E-state index is 0.00289. The normalized spacial score (nSPS) is 12.2. The number of amides is 1. The van der Waals surface area contributed by atoms with Gasteiger partial charge in [-0.25, -0.2) is 0 Å². The fraction of sp³-hybridized carbons (Fsp3) is 0.591. The minimum atomic E-state index is 0.00289. The van der Waals surface area contributed by atoms with E-state index >= 15 is 0 Å². The van der Waals surface area contributed by atoms with Gasteiger partial charge in [0.1, 0.15) is 0 Å². The molecule has 25 heavy (non-hydrogen) atoms. The van der Waals surface area contributed by atoms with E-state index in [1.807, 2.05) is 0 Å². The van der Waals surface area contributed by atoms with Crippen molar-refractivity contribution in [1.82, 2.24) is 5.32 Å². The molecule has 0 aromatic rings. The van der Waals surface area contributed by atoms with Gasteiger partial charge in [-0.2, -0.15) is 0 Å². The lowest BCUT2D eigenvalue weighted by Crippen LogP contribution is -2.25. The maximum absolute atomic E-state index is 11.3. The lowest BCUT2D eigenvalue weighted by Gasteiger charge is -2.00. The molecule has 0 aromatic heterocycles. The number of nitrogens with one attached hydrogen (secondary N) is 1. The molecule has 0 aromatic carbocycles. The van der Waals surface area contributed by atoms with E-state index in [0.717, 1.165) is 32.1 Å². The Morgan fingerprint density at radius 1 is 0.800 bits per heavy atom. The summed E-state index contributed by atoms with van der Waals surface area (Å²) in [5.74, 6) is 0.0185. The van der Waals surface area contributed by atoms with Gasteiger partial charge in [0.2, 0.25) is 5.91 Å². The summed E-state index contributed by atoms with van der Waals surface area (Å²) >= 11 is 0. The third-order valence-electron chi connectivity index (χ3n) is 3.67. The lowest BCUT2D eigenvalue weighted by molar-refractivity contribution is -0.121. The molecule has 0 heterocycles. The van der Waals surface area contributed by atoms with Crippen LogP contribution in [0.3, 0.4) is 0 Å². The largest absolute Gasteiger partial charge is 0.395 e. The molecule has 2 N–H and O–H groups in total. The first kappa shape index (κ1) is 23.4. The molecule has 0 saturated heterocycles. The molecule has 0 fully saturated rings. The van der Waals surface area contributed by atoms with Crippen molar-refractivity contribution in [2.75, 3.05) is 13.2 Å². The van der Waals surface area contributed by atoms with Gasteiger partial charge in [0.15, 0.2) is 0 Å². The van der Waals surface area contributed by atoms with Crippen LogP contribution < -0.4 is 5.32 Å². The third kappa shape index (κ3) is 20.3. The summed E-state index contributed by atoms with van der Waals surface area (Å²) in [6, 6.07) is 0. The third-order valence-corrected chi connectivity index (χ3v) is 3.67. The number of carbonyl (C=O) groups is 1. The smallest absolute Gasteiger partial charge is 0.220 e. The summed E-state index contributed by atoms with van der Waals surface area (Å²) in [4.78, 5) is 11.3. The molecule has 0 atom stereocenters. The van der Waals surface area contributed by atoms with E-state index in [9.17, 15) is 4.79 Å². The molecule has 0 aliphatic carbocycles. The van der Waals surface area contributed by atoms with E-state index in [1.165, 1.54) is 25.7 Å². The first-order chi connectivity index (χ1) is 12.3. The predicted molar refractivity (Wildman–Crippen MR) is 108 cm³/mol. The molecule has 0 spiro atoms. The first-order valence-electron chi connectivity index (χ1n) is 9.78. The molecule has 0 bridgehead atoms. The molecule has 3 nitrogen and oxygen atoms in total. The van der Waals surface area contributed by atoms with Crippen LogP contribution in [-0.2, 0) is 4.79 Å². The van der Waals surface area contributed by atoms with Crippen molar-refractivity contribution in [3.05, 3.63) is 48.6 Å². The average Bonchev–Trinajstić information content (AvgIpc) is 2.62. The molecule has 142 valence electrons. The second-order valence-electron chi connectivity index (χ2n) is 6.05. The van der Waals surface area contributed by atoms with Gasteiger partial charge in [-0.1, -0.05) is 68.4 Å². The summed E-state index contributed by atoms with van der Waals surface area (Å²) in [7, 11) is 0. The van der Waals surface area contributed by atoms with Crippen LogP contribution in [0.15, 0.2) is 48.6 Å². The van der Waals surface area contributed by atoms with Gasteiger partial charge in [-0.15, -0.1) is 0 Å². The Labute approximate surface area is 154 Å². The van der Waals surface area contributed by atoms with Gasteiger partial charge < -0.3 is 10.4 Å². The van der Waals surface area contributed by atoms with Crippen LogP contribution in [0.1, 0.15) is 71.1 Å². The fourth-order valence-corrected chi connectivity index (χ4v) is 2.23. The van der Waals surface area contributed by atoms with E-state index < -0.39 is 0 Å². The van der Waals surface area contributed by atoms with Crippen LogP contribution in [0.2, 0.25) is 0 Å². The van der Waals surface area contributed by atoms with Crippen molar-refractivity contribution in [2.45, 2.75) is 71.1 Å². The van der Waals surface area contributed by atoms with E-state index in [2.05, 4.69) is 60.8 Å². The van der Waals surface area contributed by atoms with Gasteiger partial charge >= 0.3 is 0 Å². The van der Waals surface area contributed by atoms with Gasteiger partial charge in [0, 0.05) is 13.0 Å². The zero-order valence-electron chi connectivity index (χ0n) is 16.0. The second kappa shape index (κ2) is 20.4. The summed E-state index contributed by atoms with van der Waals surface area (Å²) in [5, 5.41) is 11.2. The summed E-state index contributed by atoms with van der Waals surface area (Å²) < 4.78 is 0. The van der Waals surface area contributed by atoms with Crippen molar-refractivity contribution >= 4 is 5.91 Å². The van der Waals surface area contributed by atoms with Gasteiger partial charge in [-0.05, 0) is 44.9 Å². The summed E-state index contributed by atoms with van der Waals surface area (Å²) in [6.45, 7) is 2.59. The van der Waals surface area contributed by atoms with Crippen molar-refractivity contribution in [2.24, 2.45) is 0 Å². The molecule has 0 aliphatic rings. The Hall–Kier alpha value is -1.61. The molecule has 3 heteroatoms. The van der Waals surface area contributed by atoms with Gasteiger partial charge in [0.05, 0.1) is 6.61 Å². The van der Waals surface area contributed by atoms with Crippen LogP contribution in [0.4, 0.5) is 0 Å². The predicted octanol–water partition coefficient (Wildman–Crippen LogP) is 5.24. The van der Waals surface area contributed by atoms with E-state index in [4.69, 9.17) is 5.11 Å². The molecule has 0 unspecified atom stereocenters. The van der Waals surface area contributed by atoms with Crippen LogP contribution in [0.5, 0.6) is 0 Å². The molecular weight excluding hydrogens is 310 g/mol. The average molecular weight is 348 g/mol. The molecule has 0 aliphatic heterocycles. The molecule has 0 rings (SSSR count). The molecular formula is C22H37NO2. The number of unbranched alkanes of at least 4 members (excludes halogenated alkanes) is 4. The molecule has 0 saturated carbocycles. The zero-order chi connectivity index (χ0) is 18.4. The second-order valence-corrected chi connectivity index (χ2v) is 6.05. The maximum Gasteiger partial charge on any atom is 0.220 e. The number of rotatable bonds is 16. The van der Waals surface area contributed by atoms with Crippen molar-refractivity contribution in [1.29, 1.82) is 0 Å². The Morgan fingerprint density at radius 2 is 1.32 bits per heavy atom. The Bertz CT molecular complexity index is 408. The topological polar surface area (TPSA) is 49.3 Å². The monoisotopic (exact) mass is 347 g/mol. The lowest BCUT2D eigenvalue weighted by atomic mass is 10.2. The number of allylic oxidation sites excluding steroid dienone is 8. The molecule has 0 radical (unpaired) electrons. The number of hydrogen-bond donors (Lipinski definition) is 2. The summed E-state index contributed by atoms with van der Waals surface area (Å²) in [6.07, 6.45) is 28.0. The maximum atomic E-state index is 11.3. The van der Waals surface area contributed by atoms with Crippen molar-refractivity contribution < 1.29 is 9.90 Å². The number of aliphatic hydroxyl groups is 1. The van der Waals surface area contributed by atoms with Crippen molar-refractivity contribution in [3.8, 4) is 0 Å². The minimum Gasteiger partial charge on any atom is -0.395 e. The summed E-state index contributed by atoms with van der Waals surface area (Å²) in [5.41, 5.74) is 0. The first-order valence-corrected chi connectivity index (χ1v) is 9.78. The van der Waals surface area contributed by atoms with Crippen LogP contribution >= 0.6 is 0 Å². The van der Waals surface area contributed by atoms with Crippen molar-refractivity contribution in [3.63, 3.8) is 0 Å². The standard InChI is InChI=1S/C22H37NO2/c1-2-3-4-5-6-7-8-9-10-11-12-13-14-15-16-17-18-19-22(25)23-20-21-24/h6-7,9-10,12-13,15-16,24H,2-5,8,11,14,17-21H2,1H3,(H,23,25)/b7-6+,10-9+,13-12-,16-15+. The van der Waals surface area contributed by atoms with E-state index in [-0.39, 0.29) is 12.5 Å². The van der Waals surface area contributed by atoms with Crippen LogP contribution in [-0.4, -0.2) is 24.2 Å². The zero-order valence-corrected chi connectivity index (χ0v) is 16.0. The highest BCUT2D eigenvalue weighted by Gasteiger charge is 1.97. The van der Waals surface area contributed by atoms with Crippen LogP contribution in [0, 0.1) is 0 Å². The number of hydrogen-bond acceptors (Lipinski definition) is 2. The highest BCUT2D eigenvalue weighted by atomic mass is 16.3. The fourth-order valence-electron chi connectivity index (χ4n) is 2.23. The Balaban J connectivity index is 3.44. The van der Waals surface area contributed by atoms with Gasteiger partial charge in [-0.3, -0.25) is 4.79 Å². The SMILES string of the molecule is CCCCC/C=C/C/C=C/C/C=C\C/C=C/CCCC(=O)NCCO. The highest BCUT2D eigenvalue weighted by molar-refractivity contribution is 5.75. The number of aliphatic hydroxyl groups excluding tert-OH is 1. The Morgan fingerprint density at radius 3 is 1.84 bits per heavy atom. The van der Waals surface area contributed by atoms with Crippen LogP contribution in [0.25, 0.3) is 0 Å². The number of carbonyl (C=O) groups excluding carboxylic acids is 1. The highest BCUT2D eigenvalue weighted by Crippen LogP contribution is 2.01. The molecule has 1 amide bonds. The van der Waals surface area contributed by atoms with E-state index in [0.29, 0.717) is 13.0 Å². The Kier molecular flexibility index (Phi) is 19.1. The van der Waals surface area contributed by atoms with Gasteiger partial charge in [0.25, 0.3) is 0 Å². The van der Waals surface area contributed by atoms with E-state index in [1.54, 1.807) is 0 Å². The quantitative estimate of drug-likeness (QED) is 0.296.